The second-order valence-electron chi connectivity index (χ2n) is 6.49. The number of aromatic nitrogens is 3. The molecule has 6 heteroatoms. The number of Topliss-reactive ketones (excluding diaryl/α,β-unsaturated/α-hetero) is 1. The number of rotatable bonds is 6. The SMILES string of the molecule is C=CCn1c(S[C@H](C)C(=O)c2c[nH]c3ccccc23)nc2ccccc2c1=O. The fourth-order valence-corrected chi connectivity index (χ4v) is 4.22. The van der Waals surface area contributed by atoms with E-state index in [9.17, 15) is 9.59 Å². The van der Waals surface area contributed by atoms with Crippen LogP contribution in [0.2, 0.25) is 0 Å². The number of aromatic amines is 1. The molecule has 0 aliphatic rings. The molecule has 2 aromatic heterocycles. The van der Waals surface area contributed by atoms with E-state index < -0.39 is 5.25 Å². The van der Waals surface area contributed by atoms with Crippen LogP contribution in [-0.2, 0) is 6.54 Å². The summed E-state index contributed by atoms with van der Waals surface area (Å²) in [4.78, 5) is 33.7. The summed E-state index contributed by atoms with van der Waals surface area (Å²) >= 11 is 1.29. The smallest absolute Gasteiger partial charge is 0.262 e. The highest BCUT2D eigenvalue weighted by Gasteiger charge is 2.22. The van der Waals surface area contributed by atoms with Crippen LogP contribution in [0.4, 0.5) is 0 Å². The highest BCUT2D eigenvalue weighted by atomic mass is 32.2. The molecule has 2 heterocycles. The molecule has 0 saturated heterocycles. The first kappa shape index (κ1) is 18.3. The van der Waals surface area contributed by atoms with Gasteiger partial charge in [0.15, 0.2) is 10.9 Å². The van der Waals surface area contributed by atoms with Gasteiger partial charge in [-0.05, 0) is 25.1 Å². The van der Waals surface area contributed by atoms with Crippen LogP contribution >= 0.6 is 11.8 Å². The molecular weight excluding hydrogens is 370 g/mol. The van der Waals surface area contributed by atoms with Gasteiger partial charge in [-0.15, -0.1) is 6.58 Å². The molecule has 5 nitrogen and oxygen atoms in total. The first-order valence-corrected chi connectivity index (χ1v) is 9.85. The number of allylic oxidation sites excluding steroid dienone is 1. The van der Waals surface area contributed by atoms with E-state index in [2.05, 4.69) is 16.5 Å². The maximum atomic E-state index is 13.1. The summed E-state index contributed by atoms with van der Waals surface area (Å²) in [5.41, 5.74) is 2.08. The second-order valence-corrected chi connectivity index (χ2v) is 7.80. The van der Waals surface area contributed by atoms with Crippen LogP contribution < -0.4 is 5.56 Å². The van der Waals surface area contributed by atoms with Gasteiger partial charge in [-0.2, -0.15) is 0 Å². The third-order valence-corrected chi connectivity index (χ3v) is 5.73. The molecule has 4 aromatic rings. The molecule has 28 heavy (non-hydrogen) atoms. The Kier molecular flexibility index (Phi) is 4.88. The van der Waals surface area contributed by atoms with Crippen molar-refractivity contribution < 1.29 is 4.79 Å². The van der Waals surface area contributed by atoms with Crippen molar-refractivity contribution in [2.75, 3.05) is 0 Å². The molecule has 0 radical (unpaired) electrons. The molecule has 0 aliphatic heterocycles. The number of nitrogens with one attached hydrogen (secondary N) is 1. The highest BCUT2D eigenvalue weighted by molar-refractivity contribution is 8.00. The fraction of sp³-hybridized carbons (Fsp3) is 0.136. The van der Waals surface area contributed by atoms with Crippen molar-refractivity contribution in [1.29, 1.82) is 0 Å². The largest absolute Gasteiger partial charge is 0.360 e. The van der Waals surface area contributed by atoms with Crippen LogP contribution in [0.3, 0.4) is 0 Å². The third kappa shape index (κ3) is 3.16. The molecule has 0 unspecified atom stereocenters. The van der Waals surface area contributed by atoms with Crippen molar-refractivity contribution in [3.8, 4) is 0 Å². The fourth-order valence-electron chi connectivity index (χ4n) is 3.23. The lowest BCUT2D eigenvalue weighted by atomic mass is 10.1. The van der Waals surface area contributed by atoms with E-state index in [0.717, 1.165) is 10.9 Å². The first-order chi connectivity index (χ1) is 13.6. The number of hydrogen-bond acceptors (Lipinski definition) is 4. The van der Waals surface area contributed by atoms with E-state index in [-0.39, 0.29) is 11.3 Å². The van der Waals surface area contributed by atoms with Gasteiger partial charge in [-0.3, -0.25) is 14.2 Å². The molecule has 0 bridgehead atoms. The number of fused-ring (bicyclic) bond motifs is 2. The van der Waals surface area contributed by atoms with Gasteiger partial charge in [0.1, 0.15) is 0 Å². The lowest BCUT2D eigenvalue weighted by molar-refractivity contribution is 0.0995. The summed E-state index contributed by atoms with van der Waals surface area (Å²) in [6, 6.07) is 15.0. The summed E-state index contributed by atoms with van der Waals surface area (Å²) in [5, 5.41) is 1.58. The van der Waals surface area contributed by atoms with Gasteiger partial charge < -0.3 is 4.98 Å². The van der Waals surface area contributed by atoms with Crippen LogP contribution in [0.15, 0.2) is 77.3 Å². The quantitative estimate of drug-likeness (QED) is 0.229. The Morgan fingerprint density at radius 3 is 2.71 bits per heavy atom. The van der Waals surface area contributed by atoms with Gasteiger partial charge in [-0.25, -0.2) is 4.98 Å². The Morgan fingerprint density at radius 2 is 1.93 bits per heavy atom. The number of H-pyrrole nitrogens is 1. The van der Waals surface area contributed by atoms with Crippen molar-refractivity contribution >= 4 is 39.4 Å². The molecule has 0 spiro atoms. The molecule has 4 rings (SSSR count). The Morgan fingerprint density at radius 1 is 1.21 bits per heavy atom. The number of thioether (sulfide) groups is 1. The van der Waals surface area contributed by atoms with Crippen molar-refractivity contribution in [3.05, 3.63) is 83.3 Å². The summed E-state index contributed by atoms with van der Waals surface area (Å²) in [6.45, 7) is 5.92. The number of benzene rings is 2. The van der Waals surface area contributed by atoms with Crippen molar-refractivity contribution in [1.82, 2.24) is 14.5 Å². The Labute approximate surface area is 166 Å². The topological polar surface area (TPSA) is 67.8 Å². The second kappa shape index (κ2) is 7.48. The van der Waals surface area contributed by atoms with Crippen molar-refractivity contribution in [3.63, 3.8) is 0 Å². The number of carbonyl (C=O) groups is 1. The van der Waals surface area contributed by atoms with Gasteiger partial charge >= 0.3 is 0 Å². The summed E-state index contributed by atoms with van der Waals surface area (Å²) in [6.07, 6.45) is 3.41. The van der Waals surface area contributed by atoms with E-state index in [1.807, 2.05) is 49.4 Å². The van der Waals surface area contributed by atoms with Gasteiger partial charge in [0, 0.05) is 29.2 Å². The minimum Gasteiger partial charge on any atom is -0.360 e. The first-order valence-electron chi connectivity index (χ1n) is 8.97. The van der Waals surface area contributed by atoms with Crippen LogP contribution in [-0.4, -0.2) is 25.6 Å². The molecular formula is C22H19N3O2S. The molecule has 0 amide bonds. The van der Waals surface area contributed by atoms with E-state index in [1.165, 1.54) is 11.8 Å². The highest BCUT2D eigenvalue weighted by Crippen LogP contribution is 2.27. The molecule has 0 saturated carbocycles. The molecule has 0 fully saturated rings. The normalized spacial score (nSPS) is 12.3. The lowest BCUT2D eigenvalue weighted by Gasteiger charge is -2.14. The predicted molar refractivity (Wildman–Crippen MR) is 114 cm³/mol. The summed E-state index contributed by atoms with van der Waals surface area (Å²) < 4.78 is 1.57. The molecule has 1 atom stereocenters. The van der Waals surface area contributed by atoms with E-state index in [4.69, 9.17) is 0 Å². The van der Waals surface area contributed by atoms with Gasteiger partial charge in [0.2, 0.25) is 0 Å². The van der Waals surface area contributed by atoms with Gasteiger partial charge in [0.25, 0.3) is 5.56 Å². The van der Waals surface area contributed by atoms with E-state index in [1.54, 1.807) is 22.9 Å². The zero-order chi connectivity index (χ0) is 19.7. The standard InChI is InChI=1S/C22H19N3O2S/c1-3-12-25-21(27)16-9-5-7-11-19(16)24-22(25)28-14(2)20(26)17-13-23-18-10-6-4-8-15(17)18/h3-11,13-14,23H,1,12H2,2H3/t14-/m1/s1. The summed E-state index contributed by atoms with van der Waals surface area (Å²) in [5.74, 6) is -0.00462. The van der Waals surface area contributed by atoms with Gasteiger partial charge in [0.05, 0.1) is 16.2 Å². The Hall–Kier alpha value is -3.12. The average Bonchev–Trinajstić information content (AvgIpc) is 3.14. The zero-order valence-corrected chi connectivity index (χ0v) is 16.2. The van der Waals surface area contributed by atoms with Crippen molar-refractivity contribution in [2.24, 2.45) is 0 Å². The molecule has 0 aliphatic carbocycles. The number of para-hydroxylation sites is 2. The monoisotopic (exact) mass is 389 g/mol. The number of ketones is 1. The lowest BCUT2D eigenvalue weighted by Crippen LogP contribution is -2.24. The minimum atomic E-state index is -0.400. The minimum absolute atomic E-state index is 0.00462. The average molecular weight is 389 g/mol. The predicted octanol–water partition coefficient (Wildman–Crippen LogP) is 4.43. The van der Waals surface area contributed by atoms with Crippen LogP contribution in [0.25, 0.3) is 21.8 Å². The van der Waals surface area contributed by atoms with E-state index in [0.29, 0.717) is 28.2 Å². The zero-order valence-electron chi connectivity index (χ0n) is 15.4. The van der Waals surface area contributed by atoms with Crippen LogP contribution in [0.1, 0.15) is 17.3 Å². The number of nitrogens with zero attached hydrogens (tertiary/aromatic N) is 2. The maximum absolute atomic E-state index is 13.1. The van der Waals surface area contributed by atoms with Crippen molar-refractivity contribution in [2.45, 2.75) is 23.9 Å². The number of carbonyl (C=O) groups excluding carboxylic acids is 1. The van der Waals surface area contributed by atoms with E-state index >= 15 is 0 Å². The maximum Gasteiger partial charge on any atom is 0.262 e. The molecule has 2 aromatic carbocycles. The van der Waals surface area contributed by atoms with Crippen LogP contribution in [0.5, 0.6) is 0 Å². The molecule has 1 N–H and O–H groups in total. The number of hydrogen-bond donors (Lipinski definition) is 1. The summed E-state index contributed by atoms with van der Waals surface area (Å²) in [7, 11) is 0. The Balaban J connectivity index is 1.72. The molecule has 140 valence electrons. The van der Waals surface area contributed by atoms with Crippen LogP contribution in [0, 0.1) is 0 Å². The Bertz CT molecular complexity index is 1260. The third-order valence-electron chi connectivity index (χ3n) is 4.64. The van der Waals surface area contributed by atoms with Gasteiger partial charge in [-0.1, -0.05) is 48.2 Å².